The number of halogens is 1. The van der Waals surface area contributed by atoms with Gasteiger partial charge in [0.25, 0.3) is 0 Å². The summed E-state index contributed by atoms with van der Waals surface area (Å²) in [7, 11) is 0. The highest BCUT2D eigenvalue weighted by Crippen LogP contribution is 2.24. The summed E-state index contributed by atoms with van der Waals surface area (Å²) in [6.07, 6.45) is 1.05. The van der Waals surface area contributed by atoms with Crippen LogP contribution in [-0.4, -0.2) is 17.0 Å². The molecule has 0 aliphatic heterocycles. The van der Waals surface area contributed by atoms with E-state index in [-0.39, 0.29) is 11.3 Å². The number of nitro groups is 1. The zero-order chi connectivity index (χ0) is 12.3. The van der Waals surface area contributed by atoms with Gasteiger partial charge in [-0.1, -0.05) is 0 Å². The van der Waals surface area contributed by atoms with Crippen LogP contribution in [0.3, 0.4) is 0 Å². The molecule has 0 unspecified atom stereocenters. The van der Waals surface area contributed by atoms with Gasteiger partial charge in [-0.15, -0.1) is 0 Å². The summed E-state index contributed by atoms with van der Waals surface area (Å²) in [5, 5.41) is 18.0. The maximum absolute atomic E-state index is 13.2. The van der Waals surface area contributed by atoms with E-state index in [0.29, 0.717) is 0 Å². The Bertz CT molecular complexity index is 473. The number of anilines is 1. The minimum Gasteiger partial charge on any atom is -0.325 e. The molecule has 0 radical (unpaired) electrons. The summed E-state index contributed by atoms with van der Waals surface area (Å²) in [6.45, 7) is 1.24. The normalized spacial score (nSPS) is 9.62. The lowest BCUT2D eigenvalue weighted by Crippen LogP contribution is -2.30. The van der Waals surface area contributed by atoms with E-state index in [1.54, 1.807) is 0 Å². The zero-order valence-electron chi connectivity index (χ0n) is 8.36. The molecule has 1 amide bonds. The van der Waals surface area contributed by atoms with Gasteiger partial charge in [-0.3, -0.25) is 20.3 Å². The van der Waals surface area contributed by atoms with Gasteiger partial charge in [-0.2, -0.15) is 4.39 Å². The number of rotatable bonds is 3. The van der Waals surface area contributed by atoms with Gasteiger partial charge < -0.3 is 5.32 Å². The van der Waals surface area contributed by atoms with E-state index in [9.17, 15) is 19.3 Å². The Balaban J connectivity index is 3.31. The summed E-state index contributed by atoms with van der Waals surface area (Å²) in [5.41, 5.74) is -0.410. The molecule has 16 heavy (non-hydrogen) atoms. The molecule has 3 N–H and O–H groups in total. The number of nitrogens with one attached hydrogen (secondary N) is 1. The second-order valence-electron chi connectivity index (χ2n) is 3.00. The van der Waals surface area contributed by atoms with Crippen LogP contribution < -0.4 is 10.7 Å². The molecular formula is C9H9FN3O3+. The van der Waals surface area contributed by atoms with Crippen molar-refractivity contribution < 1.29 is 19.5 Å². The molecule has 6 nitrogen and oxygen atoms in total. The van der Waals surface area contributed by atoms with Crippen LogP contribution in [0, 0.1) is 15.9 Å². The molecule has 0 saturated heterocycles. The number of benzene rings is 1. The third-order valence-corrected chi connectivity index (χ3v) is 1.81. The predicted octanol–water partition coefficient (Wildman–Crippen LogP) is -0.130. The average Bonchev–Trinajstić information content (AvgIpc) is 2.16. The fourth-order valence-electron chi connectivity index (χ4n) is 1.15. The number of nitro benzene ring substituents is 1. The molecule has 7 heteroatoms. The molecular weight excluding hydrogens is 217 g/mol. The summed E-state index contributed by atoms with van der Waals surface area (Å²) in [5.74, 6) is -1.45. The van der Waals surface area contributed by atoms with Crippen molar-refractivity contribution in [2.24, 2.45) is 0 Å². The number of carbonyl (C=O) groups is 1. The maximum atomic E-state index is 13.2. The highest BCUT2D eigenvalue weighted by Gasteiger charge is 2.18. The molecule has 0 aromatic heterocycles. The summed E-state index contributed by atoms with van der Waals surface area (Å²) in [4.78, 5) is 20.4. The van der Waals surface area contributed by atoms with Crippen LogP contribution in [0.4, 0.5) is 15.8 Å². The van der Waals surface area contributed by atoms with Gasteiger partial charge in [0.05, 0.1) is 16.2 Å². The lowest BCUT2D eigenvalue weighted by atomic mass is 10.1. The Morgan fingerprint density at radius 1 is 1.62 bits per heavy atom. The van der Waals surface area contributed by atoms with E-state index in [0.717, 1.165) is 18.3 Å². The van der Waals surface area contributed by atoms with Gasteiger partial charge in [-0.05, 0) is 0 Å². The molecule has 0 aliphatic carbocycles. The Kier molecular flexibility index (Phi) is 3.29. The number of nitrogens with two attached hydrogens (primary N) is 1. The first-order valence-electron chi connectivity index (χ1n) is 4.26. The van der Waals surface area contributed by atoms with Crippen molar-refractivity contribution in [1.29, 1.82) is 0 Å². The van der Waals surface area contributed by atoms with Crippen LogP contribution in [0.25, 0.3) is 0 Å². The van der Waals surface area contributed by atoms with E-state index in [1.807, 2.05) is 0 Å². The lowest BCUT2D eigenvalue weighted by molar-refractivity contribution is -0.387. The minimum absolute atomic E-state index is 0.0955. The highest BCUT2D eigenvalue weighted by atomic mass is 19.1. The molecule has 0 bridgehead atoms. The molecule has 84 valence electrons. The van der Waals surface area contributed by atoms with Gasteiger partial charge in [0, 0.05) is 19.1 Å². The van der Waals surface area contributed by atoms with E-state index < -0.39 is 22.3 Å². The molecule has 0 fully saturated rings. The highest BCUT2D eigenvalue weighted by molar-refractivity contribution is 5.95. The van der Waals surface area contributed by atoms with Gasteiger partial charge >= 0.3 is 5.69 Å². The second-order valence-corrected chi connectivity index (χ2v) is 3.00. The van der Waals surface area contributed by atoms with Gasteiger partial charge in [0.1, 0.15) is 0 Å². The van der Waals surface area contributed by atoms with Crippen molar-refractivity contribution in [3.63, 3.8) is 0 Å². The molecule has 0 saturated carbocycles. The Labute approximate surface area is 89.7 Å². The second kappa shape index (κ2) is 4.47. The zero-order valence-corrected chi connectivity index (χ0v) is 8.36. The van der Waals surface area contributed by atoms with Crippen molar-refractivity contribution in [2.45, 2.75) is 6.92 Å². The third-order valence-electron chi connectivity index (χ3n) is 1.81. The van der Waals surface area contributed by atoms with Gasteiger partial charge in [-0.25, -0.2) is 0 Å². The van der Waals surface area contributed by atoms with Crippen LogP contribution in [0.15, 0.2) is 12.1 Å². The van der Waals surface area contributed by atoms with Crippen LogP contribution in [-0.2, 0) is 4.79 Å². The van der Waals surface area contributed by atoms with Gasteiger partial charge in [0.2, 0.25) is 11.7 Å². The number of amides is 1. The minimum atomic E-state index is -1.03. The van der Waals surface area contributed by atoms with Crippen molar-refractivity contribution in [2.75, 3.05) is 5.32 Å². The molecule has 0 heterocycles. The maximum Gasteiger partial charge on any atom is 0.305 e. The predicted molar refractivity (Wildman–Crippen MR) is 54.4 cm³/mol. The standard InChI is InChI=1S/C9H8FN3O3/c1-5(14)12-8-3-7(10)9(13(15)16)2-6(8)4-11/h2-4,11H,1H3,(H,12,14)/p+1. The number of nitrogens with zero attached hydrogens (tertiary/aromatic N) is 1. The number of hydrogen-bond acceptors (Lipinski definition) is 3. The average molecular weight is 226 g/mol. The monoisotopic (exact) mass is 226 g/mol. The fraction of sp³-hybridized carbons (Fsp3) is 0.111. The van der Waals surface area contributed by atoms with Crippen LogP contribution in [0.5, 0.6) is 0 Å². The first-order valence-corrected chi connectivity index (χ1v) is 4.26. The quantitative estimate of drug-likeness (QED) is 0.426. The van der Waals surface area contributed by atoms with Crippen LogP contribution in [0.2, 0.25) is 0 Å². The van der Waals surface area contributed by atoms with Gasteiger partial charge in [0.15, 0.2) is 6.21 Å². The molecule has 0 spiro atoms. The molecule has 1 aromatic carbocycles. The smallest absolute Gasteiger partial charge is 0.305 e. The third kappa shape index (κ3) is 2.38. The summed E-state index contributed by atoms with van der Waals surface area (Å²) in [6, 6.07) is 1.82. The van der Waals surface area contributed by atoms with Crippen molar-refractivity contribution >= 4 is 23.5 Å². The van der Waals surface area contributed by atoms with E-state index >= 15 is 0 Å². The fourth-order valence-corrected chi connectivity index (χ4v) is 1.15. The first kappa shape index (κ1) is 11.8. The van der Waals surface area contributed by atoms with E-state index in [1.165, 1.54) is 6.92 Å². The SMILES string of the molecule is CC(=O)Nc1cc(F)c([N+](=O)[O-])cc1C=[NH2+]. The van der Waals surface area contributed by atoms with Crippen molar-refractivity contribution in [3.05, 3.63) is 33.6 Å². The van der Waals surface area contributed by atoms with Crippen molar-refractivity contribution in [3.8, 4) is 0 Å². The van der Waals surface area contributed by atoms with Crippen LogP contribution >= 0.6 is 0 Å². The Morgan fingerprint density at radius 2 is 2.25 bits per heavy atom. The number of carbonyl (C=O) groups excluding carboxylic acids is 1. The molecule has 0 atom stereocenters. The largest absolute Gasteiger partial charge is 0.325 e. The summed E-state index contributed by atoms with van der Waals surface area (Å²) < 4.78 is 13.2. The molecule has 1 aromatic rings. The number of hydrogen-bond donors (Lipinski definition) is 2. The topological polar surface area (TPSA) is 97.8 Å². The summed E-state index contributed by atoms with van der Waals surface area (Å²) >= 11 is 0. The Hall–Kier alpha value is -2.31. The molecule has 1 rings (SSSR count). The first-order chi connectivity index (χ1) is 7.45. The van der Waals surface area contributed by atoms with Crippen molar-refractivity contribution in [1.82, 2.24) is 0 Å². The Morgan fingerprint density at radius 3 is 2.69 bits per heavy atom. The van der Waals surface area contributed by atoms with E-state index in [4.69, 9.17) is 5.41 Å². The van der Waals surface area contributed by atoms with Crippen LogP contribution in [0.1, 0.15) is 12.5 Å². The molecule has 0 aliphatic rings. The van der Waals surface area contributed by atoms with E-state index in [2.05, 4.69) is 5.32 Å². The lowest BCUT2D eigenvalue weighted by Gasteiger charge is -2.04.